The number of rotatable bonds is 5. The Morgan fingerprint density at radius 2 is 1.93 bits per heavy atom. The molecule has 2 nitrogen and oxygen atoms in total. The summed E-state index contributed by atoms with van der Waals surface area (Å²) in [4.78, 5) is 0. The van der Waals surface area contributed by atoms with E-state index in [1.54, 1.807) is 31.4 Å². The number of ether oxygens (including phenoxy) is 1. The number of nitrogens with one attached hydrogen (secondary N) is 1. The van der Waals surface area contributed by atoms with Crippen molar-refractivity contribution >= 4 is 0 Å². The Kier molecular flexibility index (Phi) is 4.56. The normalized spacial score (nSPS) is 14.7. The molecule has 3 heteroatoms. The second kappa shape index (κ2) is 5.71. The molecule has 15 heavy (non-hydrogen) atoms. The van der Waals surface area contributed by atoms with Gasteiger partial charge in [0.1, 0.15) is 11.9 Å². The second-order valence-corrected chi connectivity index (χ2v) is 3.67. The van der Waals surface area contributed by atoms with Crippen molar-refractivity contribution in [3.8, 4) is 5.75 Å². The van der Waals surface area contributed by atoms with Crippen LogP contribution in [-0.2, 0) is 0 Å². The zero-order chi connectivity index (χ0) is 11.3. The standard InChI is InChI=1S/C12H18FNO/c1-9(14-2)8-12(13)10-4-6-11(15-3)7-5-10/h4-7,9,12,14H,8H2,1-3H3. The lowest BCUT2D eigenvalue weighted by Gasteiger charge is -2.14. The highest BCUT2D eigenvalue weighted by Gasteiger charge is 2.12. The summed E-state index contributed by atoms with van der Waals surface area (Å²) in [6.07, 6.45) is -0.429. The summed E-state index contributed by atoms with van der Waals surface area (Å²) in [5, 5.41) is 3.02. The Hall–Kier alpha value is -1.09. The minimum absolute atomic E-state index is 0.183. The highest BCUT2D eigenvalue weighted by molar-refractivity contribution is 5.28. The van der Waals surface area contributed by atoms with Crippen molar-refractivity contribution in [3.63, 3.8) is 0 Å². The van der Waals surface area contributed by atoms with Gasteiger partial charge in [0, 0.05) is 6.04 Å². The Bertz CT molecular complexity index is 286. The molecule has 0 saturated heterocycles. The van der Waals surface area contributed by atoms with Gasteiger partial charge in [-0.25, -0.2) is 4.39 Å². The van der Waals surface area contributed by atoms with Crippen LogP contribution in [0.2, 0.25) is 0 Å². The van der Waals surface area contributed by atoms with Crippen molar-refractivity contribution in [2.45, 2.75) is 25.6 Å². The van der Waals surface area contributed by atoms with Gasteiger partial charge in [0.25, 0.3) is 0 Å². The maximum absolute atomic E-state index is 13.7. The molecule has 0 radical (unpaired) electrons. The molecule has 1 aromatic rings. The van der Waals surface area contributed by atoms with E-state index in [0.29, 0.717) is 12.0 Å². The lowest BCUT2D eigenvalue weighted by Crippen LogP contribution is -2.22. The maximum Gasteiger partial charge on any atom is 0.127 e. The van der Waals surface area contributed by atoms with Crippen LogP contribution in [0.25, 0.3) is 0 Å². The lowest BCUT2D eigenvalue weighted by molar-refractivity contribution is 0.295. The van der Waals surface area contributed by atoms with Crippen molar-refractivity contribution in [1.29, 1.82) is 0 Å². The zero-order valence-electron chi connectivity index (χ0n) is 9.46. The maximum atomic E-state index is 13.7. The van der Waals surface area contributed by atoms with E-state index in [2.05, 4.69) is 5.32 Å². The first-order valence-corrected chi connectivity index (χ1v) is 5.12. The van der Waals surface area contributed by atoms with E-state index in [1.807, 2.05) is 14.0 Å². The second-order valence-electron chi connectivity index (χ2n) is 3.67. The van der Waals surface area contributed by atoms with E-state index in [1.165, 1.54) is 0 Å². The van der Waals surface area contributed by atoms with Crippen molar-refractivity contribution in [3.05, 3.63) is 29.8 Å². The molecule has 0 amide bonds. The van der Waals surface area contributed by atoms with Crippen molar-refractivity contribution in [2.75, 3.05) is 14.2 Å². The number of benzene rings is 1. The Morgan fingerprint density at radius 3 is 2.40 bits per heavy atom. The van der Waals surface area contributed by atoms with Gasteiger partial charge in [0.05, 0.1) is 7.11 Å². The fourth-order valence-corrected chi connectivity index (χ4v) is 1.38. The third-order valence-electron chi connectivity index (χ3n) is 2.53. The van der Waals surface area contributed by atoms with Crippen LogP contribution in [0.4, 0.5) is 4.39 Å². The molecule has 0 aromatic heterocycles. The third-order valence-corrected chi connectivity index (χ3v) is 2.53. The Balaban J connectivity index is 2.61. The fourth-order valence-electron chi connectivity index (χ4n) is 1.38. The first kappa shape index (κ1) is 12.0. The molecule has 2 unspecified atom stereocenters. The molecule has 0 aliphatic heterocycles. The molecule has 0 aliphatic rings. The number of methoxy groups -OCH3 is 1. The molecule has 0 heterocycles. The van der Waals surface area contributed by atoms with Crippen molar-refractivity contribution in [1.82, 2.24) is 5.32 Å². The number of alkyl halides is 1. The monoisotopic (exact) mass is 211 g/mol. The van der Waals surface area contributed by atoms with Gasteiger partial charge < -0.3 is 10.1 Å². The summed E-state index contributed by atoms with van der Waals surface area (Å²) in [7, 11) is 3.44. The minimum atomic E-state index is -0.918. The molecule has 1 N–H and O–H groups in total. The molecule has 0 fully saturated rings. The zero-order valence-corrected chi connectivity index (χ0v) is 9.46. The fraction of sp³-hybridized carbons (Fsp3) is 0.500. The SMILES string of the molecule is CNC(C)CC(F)c1ccc(OC)cc1. The molecule has 0 saturated carbocycles. The van der Waals surface area contributed by atoms with E-state index >= 15 is 0 Å². The number of hydrogen-bond acceptors (Lipinski definition) is 2. The highest BCUT2D eigenvalue weighted by Crippen LogP contribution is 2.24. The van der Waals surface area contributed by atoms with Gasteiger partial charge in [-0.05, 0) is 38.1 Å². The molecule has 0 aliphatic carbocycles. The van der Waals surface area contributed by atoms with Crippen LogP contribution in [0.5, 0.6) is 5.75 Å². The summed E-state index contributed by atoms with van der Waals surface area (Å²) < 4.78 is 18.7. The van der Waals surface area contributed by atoms with Gasteiger partial charge >= 0.3 is 0 Å². The van der Waals surface area contributed by atoms with Gasteiger partial charge in [0.15, 0.2) is 0 Å². The average Bonchev–Trinajstić information content (AvgIpc) is 2.29. The largest absolute Gasteiger partial charge is 0.497 e. The lowest BCUT2D eigenvalue weighted by atomic mass is 10.0. The van der Waals surface area contributed by atoms with E-state index in [9.17, 15) is 4.39 Å². The van der Waals surface area contributed by atoms with Crippen molar-refractivity contribution in [2.24, 2.45) is 0 Å². The van der Waals surface area contributed by atoms with Crippen LogP contribution in [0.1, 0.15) is 25.1 Å². The van der Waals surface area contributed by atoms with Crippen LogP contribution < -0.4 is 10.1 Å². The van der Waals surface area contributed by atoms with Crippen molar-refractivity contribution < 1.29 is 9.13 Å². The molecule has 1 aromatic carbocycles. The highest BCUT2D eigenvalue weighted by atomic mass is 19.1. The van der Waals surface area contributed by atoms with Gasteiger partial charge in [0.2, 0.25) is 0 Å². The molecule has 0 spiro atoms. The summed E-state index contributed by atoms with van der Waals surface area (Å²) in [6, 6.07) is 7.29. The van der Waals surface area contributed by atoms with Crippen LogP contribution >= 0.6 is 0 Å². The molecule has 2 atom stereocenters. The third kappa shape index (κ3) is 3.51. The molecule has 1 rings (SSSR count). The van der Waals surface area contributed by atoms with Gasteiger partial charge in [-0.2, -0.15) is 0 Å². The Morgan fingerprint density at radius 1 is 1.33 bits per heavy atom. The van der Waals surface area contributed by atoms with E-state index < -0.39 is 6.17 Å². The van der Waals surface area contributed by atoms with Crippen LogP contribution in [0.15, 0.2) is 24.3 Å². The Labute approximate surface area is 90.4 Å². The summed E-state index contributed by atoms with van der Waals surface area (Å²) in [5.41, 5.74) is 0.706. The number of halogens is 1. The quantitative estimate of drug-likeness (QED) is 0.808. The van der Waals surface area contributed by atoms with Gasteiger partial charge in [-0.1, -0.05) is 12.1 Å². The minimum Gasteiger partial charge on any atom is -0.497 e. The van der Waals surface area contributed by atoms with Crippen LogP contribution in [-0.4, -0.2) is 20.2 Å². The van der Waals surface area contributed by atoms with Crippen LogP contribution in [0, 0.1) is 0 Å². The van der Waals surface area contributed by atoms with Crippen LogP contribution in [0.3, 0.4) is 0 Å². The van der Waals surface area contributed by atoms with Gasteiger partial charge in [-0.15, -0.1) is 0 Å². The van der Waals surface area contributed by atoms with E-state index in [0.717, 1.165) is 5.75 Å². The molecular weight excluding hydrogens is 193 g/mol. The molecule has 84 valence electrons. The summed E-state index contributed by atoms with van der Waals surface area (Å²) in [5.74, 6) is 0.757. The summed E-state index contributed by atoms with van der Waals surface area (Å²) >= 11 is 0. The average molecular weight is 211 g/mol. The smallest absolute Gasteiger partial charge is 0.127 e. The number of hydrogen-bond donors (Lipinski definition) is 1. The summed E-state index contributed by atoms with van der Waals surface area (Å²) in [6.45, 7) is 1.97. The first-order chi connectivity index (χ1) is 7.17. The molecule has 0 bridgehead atoms. The molecular formula is C12H18FNO. The van der Waals surface area contributed by atoms with E-state index in [4.69, 9.17) is 4.74 Å². The van der Waals surface area contributed by atoms with E-state index in [-0.39, 0.29) is 6.04 Å². The topological polar surface area (TPSA) is 21.3 Å². The predicted molar refractivity (Wildman–Crippen MR) is 60.0 cm³/mol. The predicted octanol–water partition coefficient (Wildman–Crippen LogP) is 2.70. The first-order valence-electron chi connectivity index (χ1n) is 5.12. The van der Waals surface area contributed by atoms with Gasteiger partial charge in [-0.3, -0.25) is 0 Å².